The minimum absolute atomic E-state index is 0.438. The Morgan fingerprint density at radius 1 is 1.47 bits per heavy atom. The van der Waals surface area contributed by atoms with Gasteiger partial charge in [-0.1, -0.05) is 30.7 Å². The number of hydrogen-bond acceptors (Lipinski definition) is 3. The largest absolute Gasteiger partial charge is 0.467 e. The molecule has 1 unspecified atom stereocenters. The van der Waals surface area contributed by atoms with Crippen molar-refractivity contribution in [3.8, 4) is 0 Å². The van der Waals surface area contributed by atoms with Gasteiger partial charge in [0.1, 0.15) is 5.54 Å². The zero-order valence-corrected chi connectivity index (χ0v) is 9.54. The molecular formula is C11H14ClNO2. The molecule has 0 saturated heterocycles. The van der Waals surface area contributed by atoms with Crippen LogP contribution in [-0.2, 0) is 15.1 Å². The van der Waals surface area contributed by atoms with Crippen LogP contribution in [0, 0.1) is 0 Å². The maximum atomic E-state index is 11.6. The van der Waals surface area contributed by atoms with Crippen molar-refractivity contribution in [2.45, 2.75) is 18.9 Å². The van der Waals surface area contributed by atoms with Crippen molar-refractivity contribution >= 4 is 17.6 Å². The summed E-state index contributed by atoms with van der Waals surface area (Å²) in [5.74, 6) is -0.438. The van der Waals surface area contributed by atoms with Crippen LogP contribution in [0.3, 0.4) is 0 Å². The van der Waals surface area contributed by atoms with E-state index in [-0.39, 0.29) is 0 Å². The molecular weight excluding hydrogens is 214 g/mol. The quantitative estimate of drug-likeness (QED) is 0.805. The Kier molecular flexibility index (Phi) is 3.72. The highest BCUT2D eigenvalue weighted by Crippen LogP contribution is 2.24. The van der Waals surface area contributed by atoms with E-state index in [1.54, 1.807) is 24.3 Å². The van der Waals surface area contributed by atoms with Crippen molar-refractivity contribution in [2.24, 2.45) is 5.73 Å². The summed E-state index contributed by atoms with van der Waals surface area (Å²) in [7, 11) is 1.33. The number of halogens is 1. The predicted molar refractivity (Wildman–Crippen MR) is 59.6 cm³/mol. The van der Waals surface area contributed by atoms with Crippen LogP contribution in [0.25, 0.3) is 0 Å². The van der Waals surface area contributed by atoms with Crippen LogP contribution in [0.1, 0.15) is 18.9 Å². The molecule has 0 aliphatic rings. The van der Waals surface area contributed by atoms with Gasteiger partial charge in [0.15, 0.2) is 0 Å². The van der Waals surface area contributed by atoms with Gasteiger partial charge >= 0.3 is 5.97 Å². The first-order valence-electron chi connectivity index (χ1n) is 4.68. The summed E-state index contributed by atoms with van der Waals surface area (Å²) in [4.78, 5) is 11.6. The predicted octanol–water partition coefficient (Wildman–Crippen LogP) is 2.08. The highest BCUT2D eigenvalue weighted by molar-refractivity contribution is 6.30. The summed E-state index contributed by atoms with van der Waals surface area (Å²) < 4.78 is 4.69. The minimum atomic E-state index is -1.08. The second-order valence-corrected chi connectivity index (χ2v) is 3.76. The second kappa shape index (κ2) is 4.64. The number of methoxy groups -OCH3 is 1. The van der Waals surface area contributed by atoms with E-state index in [1.807, 2.05) is 6.92 Å². The van der Waals surface area contributed by atoms with Gasteiger partial charge in [0.2, 0.25) is 0 Å². The van der Waals surface area contributed by atoms with Gasteiger partial charge in [-0.15, -0.1) is 0 Å². The molecule has 15 heavy (non-hydrogen) atoms. The van der Waals surface area contributed by atoms with Crippen LogP contribution in [0.15, 0.2) is 24.3 Å². The Morgan fingerprint density at radius 2 is 2.00 bits per heavy atom. The van der Waals surface area contributed by atoms with Crippen LogP contribution in [-0.4, -0.2) is 13.1 Å². The van der Waals surface area contributed by atoms with Crippen molar-refractivity contribution in [1.82, 2.24) is 0 Å². The third kappa shape index (κ3) is 2.30. The van der Waals surface area contributed by atoms with Gasteiger partial charge in [-0.05, 0) is 24.1 Å². The lowest BCUT2D eigenvalue weighted by atomic mass is 9.88. The normalized spacial score (nSPS) is 14.4. The van der Waals surface area contributed by atoms with E-state index in [0.29, 0.717) is 17.0 Å². The number of benzene rings is 1. The molecule has 1 atom stereocenters. The molecule has 0 spiro atoms. The van der Waals surface area contributed by atoms with E-state index in [2.05, 4.69) is 0 Å². The molecule has 1 aromatic carbocycles. The summed E-state index contributed by atoms with van der Waals surface area (Å²) in [5.41, 5.74) is 5.63. The van der Waals surface area contributed by atoms with Gasteiger partial charge in [0.25, 0.3) is 0 Å². The summed E-state index contributed by atoms with van der Waals surface area (Å²) in [5, 5.41) is 0.613. The van der Waals surface area contributed by atoms with Gasteiger partial charge in [-0.25, -0.2) is 4.79 Å². The lowest BCUT2D eigenvalue weighted by molar-refractivity contribution is -0.147. The molecule has 0 aliphatic heterocycles. The highest BCUT2D eigenvalue weighted by atomic mass is 35.5. The molecule has 1 rings (SSSR count). The number of ether oxygens (including phenoxy) is 1. The van der Waals surface area contributed by atoms with Crippen molar-refractivity contribution in [3.63, 3.8) is 0 Å². The highest BCUT2D eigenvalue weighted by Gasteiger charge is 2.35. The van der Waals surface area contributed by atoms with Gasteiger partial charge in [-0.2, -0.15) is 0 Å². The Bertz CT molecular complexity index is 350. The fraction of sp³-hybridized carbons (Fsp3) is 0.364. The number of hydrogen-bond donors (Lipinski definition) is 1. The van der Waals surface area contributed by atoms with E-state index >= 15 is 0 Å². The molecule has 82 valence electrons. The van der Waals surface area contributed by atoms with E-state index in [9.17, 15) is 4.79 Å². The van der Waals surface area contributed by atoms with E-state index in [4.69, 9.17) is 22.1 Å². The fourth-order valence-corrected chi connectivity index (χ4v) is 1.52. The Morgan fingerprint density at radius 3 is 2.40 bits per heavy atom. The van der Waals surface area contributed by atoms with Gasteiger partial charge in [0, 0.05) is 5.02 Å². The monoisotopic (exact) mass is 227 g/mol. The standard InChI is InChI=1S/C11H14ClNO2/c1-3-11(13,10(14)15-2)8-4-6-9(12)7-5-8/h4-7H,3,13H2,1-2H3. The first-order chi connectivity index (χ1) is 7.04. The molecule has 0 radical (unpaired) electrons. The molecule has 1 aromatic rings. The van der Waals surface area contributed by atoms with Crippen LogP contribution in [0.4, 0.5) is 0 Å². The number of carbonyl (C=O) groups excluding carboxylic acids is 1. The fourth-order valence-electron chi connectivity index (χ4n) is 1.40. The van der Waals surface area contributed by atoms with Gasteiger partial charge in [-0.3, -0.25) is 0 Å². The number of esters is 1. The topological polar surface area (TPSA) is 52.3 Å². The molecule has 2 N–H and O–H groups in total. The van der Waals surface area contributed by atoms with Crippen LogP contribution in [0.2, 0.25) is 5.02 Å². The van der Waals surface area contributed by atoms with Crippen LogP contribution in [0.5, 0.6) is 0 Å². The first-order valence-corrected chi connectivity index (χ1v) is 5.05. The lowest BCUT2D eigenvalue weighted by Crippen LogP contribution is -2.45. The number of rotatable bonds is 3. The van der Waals surface area contributed by atoms with E-state index in [0.717, 1.165) is 0 Å². The summed E-state index contributed by atoms with van der Waals surface area (Å²) in [6.45, 7) is 1.84. The molecule has 3 nitrogen and oxygen atoms in total. The Hall–Kier alpha value is -1.06. The van der Waals surface area contributed by atoms with Gasteiger partial charge in [0.05, 0.1) is 7.11 Å². The van der Waals surface area contributed by atoms with E-state index in [1.165, 1.54) is 7.11 Å². The SMILES string of the molecule is CCC(N)(C(=O)OC)c1ccc(Cl)cc1. The second-order valence-electron chi connectivity index (χ2n) is 3.32. The molecule has 0 aliphatic carbocycles. The van der Waals surface area contributed by atoms with Crippen molar-refractivity contribution in [3.05, 3.63) is 34.9 Å². The Labute approximate surface area is 94.2 Å². The number of nitrogens with two attached hydrogens (primary N) is 1. The van der Waals surface area contributed by atoms with Crippen LogP contribution < -0.4 is 5.73 Å². The average Bonchev–Trinajstić information content (AvgIpc) is 2.27. The first kappa shape index (κ1) is 12.0. The van der Waals surface area contributed by atoms with Crippen molar-refractivity contribution in [1.29, 1.82) is 0 Å². The molecule has 0 aromatic heterocycles. The van der Waals surface area contributed by atoms with E-state index < -0.39 is 11.5 Å². The molecule has 0 fully saturated rings. The Balaban J connectivity index is 3.11. The smallest absolute Gasteiger partial charge is 0.330 e. The maximum Gasteiger partial charge on any atom is 0.330 e. The zero-order chi connectivity index (χ0) is 11.5. The van der Waals surface area contributed by atoms with Crippen LogP contribution >= 0.6 is 11.6 Å². The molecule has 0 saturated carbocycles. The maximum absolute atomic E-state index is 11.6. The summed E-state index contributed by atoms with van der Waals surface area (Å²) in [6.07, 6.45) is 0.474. The molecule has 0 amide bonds. The summed E-state index contributed by atoms with van der Waals surface area (Å²) >= 11 is 5.76. The molecule has 0 bridgehead atoms. The zero-order valence-electron chi connectivity index (χ0n) is 8.79. The average molecular weight is 228 g/mol. The van der Waals surface area contributed by atoms with Gasteiger partial charge < -0.3 is 10.5 Å². The molecule has 4 heteroatoms. The third-order valence-corrected chi connectivity index (χ3v) is 2.72. The van der Waals surface area contributed by atoms with Crippen molar-refractivity contribution in [2.75, 3.05) is 7.11 Å². The lowest BCUT2D eigenvalue weighted by Gasteiger charge is -2.25. The van der Waals surface area contributed by atoms with Crippen molar-refractivity contribution < 1.29 is 9.53 Å². The number of carbonyl (C=O) groups is 1. The third-order valence-electron chi connectivity index (χ3n) is 2.47. The summed E-state index contributed by atoms with van der Waals surface area (Å²) in [6, 6.07) is 6.89. The molecule has 0 heterocycles. The minimum Gasteiger partial charge on any atom is -0.467 e.